The normalized spacial score (nSPS) is 11.9. The number of hydrogen-bond acceptors (Lipinski definition) is 0. The molecule has 106 valence electrons. The predicted molar refractivity (Wildman–Crippen MR) is 88.4 cm³/mol. The van der Waals surface area contributed by atoms with Crippen molar-refractivity contribution in [3.63, 3.8) is 0 Å². The molecule has 0 fully saturated rings. The molecule has 0 spiro atoms. The van der Waals surface area contributed by atoms with Crippen LogP contribution in [0.1, 0.15) is 55.9 Å². The molecule has 0 heterocycles. The van der Waals surface area contributed by atoms with E-state index in [0.717, 1.165) is 6.42 Å². The summed E-state index contributed by atoms with van der Waals surface area (Å²) < 4.78 is 0. The molecule has 20 heavy (non-hydrogen) atoms. The van der Waals surface area contributed by atoms with Crippen molar-refractivity contribution in [2.75, 3.05) is 0 Å². The van der Waals surface area contributed by atoms with E-state index in [9.17, 15) is 0 Å². The zero-order valence-electron chi connectivity index (χ0n) is 13.4. The highest BCUT2D eigenvalue weighted by molar-refractivity contribution is 5.32. The van der Waals surface area contributed by atoms with Crippen molar-refractivity contribution in [2.24, 2.45) is 0 Å². The fourth-order valence-corrected chi connectivity index (χ4v) is 2.64. The Morgan fingerprint density at radius 1 is 0.850 bits per heavy atom. The number of aryl methyl sites for hydroxylation is 1. The maximum atomic E-state index is 2.33. The van der Waals surface area contributed by atoms with Crippen LogP contribution < -0.4 is 0 Å². The van der Waals surface area contributed by atoms with Gasteiger partial charge in [-0.25, -0.2) is 0 Å². The van der Waals surface area contributed by atoms with Gasteiger partial charge in [0.25, 0.3) is 0 Å². The molecule has 0 amide bonds. The molecule has 2 aromatic rings. The van der Waals surface area contributed by atoms with Gasteiger partial charge >= 0.3 is 0 Å². The van der Waals surface area contributed by atoms with Gasteiger partial charge in [-0.1, -0.05) is 81.8 Å². The third-order valence-corrected chi connectivity index (χ3v) is 4.13. The van der Waals surface area contributed by atoms with Gasteiger partial charge in [0.1, 0.15) is 0 Å². The quantitative estimate of drug-likeness (QED) is 0.672. The van der Waals surface area contributed by atoms with Crippen LogP contribution in [0, 0.1) is 6.92 Å². The van der Waals surface area contributed by atoms with Crippen molar-refractivity contribution in [1.82, 2.24) is 0 Å². The Hall–Kier alpha value is -1.56. The summed E-state index contributed by atoms with van der Waals surface area (Å²) in [6, 6.07) is 18.0. The van der Waals surface area contributed by atoms with Crippen molar-refractivity contribution in [3.05, 3.63) is 70.8 Å². The first-order chi connectivity index (χ1) is 9.38. The van der Waals surface area contributed by atoms with Gasteiger partial charge in [0.15, 0.2) is 0 Å². The smallest absolute Gasteiger partial charge is 0.00632 e. The van der Waals surface area contributed by atoms with Crippen molar-refractivity contribution >= 4 is 0 Å². The minimum absolute atomic E-state index is 0.174. The van der Waals surface area contributed by atoms with Gasteiger partial charge in [0.2, 0.25) is 0 Å². The van der Waals surface area contributed by atoms with Gasteiger partial charge in [-0.15, -0.1) is 0 Å². The van der Waals surface area contributed by atoms with E-state index >= 15 is 0 Å². The molecule has 0 unspecified atom stereocenters. The van der Waals surface area contributed by atoms with Crippen molar-refractivity contribution in [3.8, 4) is 0 Å². The summed E-state index contributed by atoms with van der Waals surface area (Å²) >= 11 is 0. The topological polar surface area (TPSA) is 0 Å². The highest BCUT2D eigenvalue weighted by Gasteiger charge is 2.20. The van der Waals surface area contributed by atoms with Crippen LogP contribution in [0.25, 0.3) is 0 Å². The molecule has 0 bridgehead atoms. The highest BCUT2D eigenvalue weighted by atomic mass is 14.2. The maximum absolute atomic E-state index is 2.33. The molecule has 0 saturated carbocycles. The molecular weight excluding hydrogens is 240 g/mol. The van der Waals surface area contributed by atoms with Gasteiger partial charge in [0, 0.05) is 0 Å². The second-order valence-corrected chi connectivity index (χ2v) is 6.82. The summed E-state index contributed by atoms with van der Waals surface area (Å²) in [6.45, 7) is 11.3. The minimum atomic E-state index is 0.174. The van der Waals surface area contributed by atoms with Gasteiger partial charge < -0.3 is 0 Å². The van der Waals surface area contributed by atoms with E-state index in [2.05, 4.69) is 83.1 Å². The number of rotatable bonds is 4. The molecule has 2 aromatic carbocycles. The lowest BCUT2D eigenvalue weighted by molar-refractivity contribution is 0.522. The monoisotopic (exact) mass is 266 g/mol. The van der Waals surface area contributed by atoms with Gasteiger partial charge in [-0.2, -0.15) is 0 Å². The first kappa shape index (κ1) is 14.8. The highest BCUT2D eigenvalue weighted by Crippen LogP contribution is 2.28. The molecule has 0 nitrogen and oxygen atoms in total. The van der Waals surface area contributed by atoms with Crippen LogP contribution in [0.2, 0.25) is 0 Å². The summed E-state index contributed by atoms with van der Waals surface area (Å²) in [7, 11) is 0. The Morgan fingerprint density at radius 3 is 1.90 bits per heavy atom. The molecule has 0 saturated heterocycles. The molecule has 0 aromatic heterocycles. The Kier molecular flexibility index (Phi) is 4.32. The van der Waals surface area contributed by atoms with Crippen molar-refractivity contribution in [2.45, 2.75) is 52.4 Å². The van der Waals surface area contributed by atoms with E-state index in [-0.39, 0.29) is 5.41 Å². The van der Waals surface area contributed by atoms with Crippen LogP contribution in [0.3, 0.4) is 0 Å². The van der Waals surface area contributed by atoms with Gasteiger partial charge in [-0.05, 0) is 41.4 Å². The molecule has 0 radical (unpaired) electrons. The zero-order chi connectivity index (χ0) is 14.8. The first-order valence-corrected chi connectivity index (χ1v) is 7.54. The van der Waals surface area contributed by atoms with E-state index < -0.39 is 0 Å². The molecule has 0 N–H and O–H groups in total. The largest absolute Gasteiger partial charge is 0.0590 e. The fraction of sp³-hybridized carbons (Fsp3) is 0.400. The van der Waals surface area contributed by atoms with Gasteiger partial charge in [0.05, 0.1) is 0 Å². The second kappa shape index (κ2) is 5.83. The summed E-state index contributed by atoms with van der Waals surface area (Å²) in [6.07, 6.45) is 1.08. The molecule has 0 heteroatoms. The van der Waals surface area contributed by atoms with E-state index in [0.29, 0.717) is 5.92 Å². The third-order valence-electron chi connectivity index (χ3n) is 4.13. The van der Waals surface area contributed by atoms with Crippen LogP contribution in [0.15, 0.2) is 48.5 Å². The molecule has 0 aliphatic rings. The summed E-state index contributed by atoms with van der Waals surface area (Å²) in [5, 5.41) is 0. The Balaban J connectivity index is 2.17. The summed E-state index contributed by atoms with van der Waals surface area (Å²) in [4.78, 5) is 0. The Bertz CT molecular complexity index is 542. The molecule has 0 aliphatic heterocycles. The van der Waals surface area contributed by atoms with Crippen LogP contribution in [-0.2, 0) is 11.8 Å². The van der Waals surface area contributed by atoms with Crippen LogP contribution in [0.5, 0.6) is 0 Å². The minimum Gasteiger partial charge on any atom is -0.0590 e. The van der Waals surface area contributed by atoms with Gasteiger partial charge in [-0.3, -0.25) is 0 Å². The van der Waals surface area contributed by atoms with E-state index in [4.69, 9.17) is 0 Å². The summed E-state index contributed by atoms with van der Waals surface area (Å²) in [5.74, 6) is 0.606. The molecule has 2 rings (SSSR count). The number of hydrogen-bond donors (Lipinski definition) is 0. The third kappa shape index (κ3) is 3.50. The Morgan fingerprint density at radius 2 is 1.40 bits per heavy atom. The molecule has 0 aliphatic carbocycles. The lowest BCUT2D eigenvalue weighted by atomic mass is 9.79. The van der Waals surface area contributed by atoms with E-state index in [1.165, 1.54) is 22.3 Å². The first-order valence-electron chi connectivity index (χ1n) is 7.54. The van der Waals surface area contributed by atoms with Crippen LogP contribution in [-0.4, -0.2) is 0 Å². The van der Waals surface area contributed by atoms with Crippen LogP contribution in [0.4, 0.5) is 0 Å². The maximum Gasteiger partial charge on any atom is -0.00632 e. The lowest BCUT2D eigenvalue weighted by Gasteiger charge is -2.26. The Labute approximate surface area is 123 Å². The summed E-state index contributed by atoms with van der Waals surface area (Å²) in [5.41, 5.74) is 5.75. The second-order valence-electron chi connectivity index (χ2n) is 6.82. The SMILES string of the molecule is Cc1ccc(C(C)(C)Cc2ccc(C(C)C)cc2)cc1. The van der Waals surface area contributed by atoms with Crippen LogP contribution >= 0.6 is 0 Å². The van der Waals surface area contributed by atoms with Crippen molar-refractivity contribution < 1.29 is 0 Å². The average Bonchev–Trinajstić information content (AvgIpc) is 2.39. The molecule has 0 atom stereocenters. The fourth-order valence-electron chi connectivity index (χ4n) is 2.64. The standard InChI is InChI=1S/C20H26/c1-15(2)18-10-8-17(9-11-18)14-20(4,5)19-12-6-16(3)7-13-19/h6-13,15H,14H2,1-5H3. The predicted octanol–water partition coefficient (Wildman–Crippen LogP) is 5.64. The lowest BCUT2D eigenvalue weighted by Crippen LogP contribution is -2.20. The van der Waals surface area contributed by atoms with E-state index in [1.807, 2.05) is 0 Å². The molecular formula is C20H26. The van der Waals surface area contributed by atoms with Crippen molar-refractivity contribution in [1.29, 1.82) is 0 Å². The number of benzene rings is 2. The zero-order valence-corrected chi connectivity index (χ0v) is 13.4. The average molecular weight is 266 g/mol. The van der Waals surface area contributed by atoms with E-state index in [1.54, 1.807) is 0 Å².